The molecule has 0 unspecified atom stereocenters. The Hall–Kier alpha value is -1.97. The quantitative estimate of drug-likeness (QED) is 0.579. The fraction of sp³-hybridized carbons (Fsp3) is 0.333. The molecule has 8 nitrogen and oxygen atoms in total. The third-order valence-electron chi connectivity index (χ3n) is 3.31. The highest BCUT2D eigenvalue weighted by Gasteiger charge is 2.22. The average Bonchev–Trinajstić information content (AvgIpc) is 3.03. The van der Waals surface area contributed by atoms with Crippen LogP contribution in [0.15, 0.2) is 12.1 Å². The van der Waals surface area contributed by atoms with E-state index < -0.39 is 10.8 Å². The van der Waals surface area contributed by atoms with E-state index in [0.29, 0.717) is 5.13 Å². The van der Waals surface area contributed by atoms with Crippen molar-refractivity contribution in [3.8, 4) is 0 Å². The van der Waals surface area contributed by atoms with Crippen molar-refractivity contribution in [3.63, 3.8) is 0 Å². The minimum atomic E-state index is -0.583. The highest BCUT2D eigenvalue weighted by molar-refractivity contribution is 7.15. The maximum absolute atomic E-state index is 12.0. The van der Waals surface area contributed by atoms with Crippen LogP contribution in [0.2, 0.25) is 0 Å². The van der Waals surface area contributed by atoms with E-state index in [0.717, 1.165) is 29.8 Å². The third-order valence-corrected chi connectivity index (χ3v) is 4.35. The number of nitrogens with one attached hydrogen (secondary N) is 2. The second-order valence-electron chi connectivity index (χ2n) is 4.86. The largest absolute Gasteiger partial charge is 0.358 e. The maximum atomic E-state index is 12.0. The monoisotopic (exact) mass is 343 g/mol. The molecule has 10 heteroatoms. The van der Waals surface area contributed by atoms with Crippen molar-refractivity contribution in [2.24, 2.45) is 5.73 Å². The van der Waals surface area contributed by atoms with Crippen LogP contribution in [0, 0.1) is 10.1 Å². The van der Waals surface area contributed by atoms with E-state index in [4.69, 9.17) is 5.73 Å². The number of aryl methyl sites for hydroxylation is 1. The van der Waals surface area contributed by atoms with Crippen LogP contribution in [0.3, 0.4) is 0 Å². The molecule has 3 rings (SSSR count). The van der Waals surface area contributed by atoms with Crippen LogP contribution in [0.1, 0.15) is 27.5 Å². The number of rotatable bonds is 3. The van der Waals surface area contributed by atoms with Crippen LogP contribution < -0.4 is 11.1 Å². The standard InChI is InChI=1S/C12H13N5O3S.ClH/c13-6-1-2-7-9(5-6)21-12(15-7)16-11(18)8-3-4-10(14-8)17(19)20;/h3-4,6,14H,1-2,5,13H2,(H,15,16,18);1H/t6-;/m0./s1. The van der Waals surface area contributed by atoms with Crippen LogP contribution in [0.4, 0.5) is 10.9 Å². The zero-order valence-corrected chi connectivity index (χ0v) is 13.0. The number of amides is 1. The molecule has 0 fully saturated rings. The number of nitrogens with two attached hydrogens (primary N) is 1. The summed E-state index contributed by atoms with van der Waals surface area (Å²) >= 11 is 1.40. The van der Waals surface area contributed by atoms with Crippen molar-refractivity contribution in [2.75, 3.05) is 5.32 Å². The van der Waals surface area contributed by atoms with Gasteiger partial charge in [0.2, 0.25) is 0 Å². The van der Waals surface area contributed by atoms with Gasteiger partial charge in [0.25, 0.3) is 5.91 Å². The Morgan fingerprint density at radius 1 is 1.55 bits per heavy atom. The number of aromatic amines is 1. The number of carbonyl (C=O) groups is 1. The lowest BCUT2D eigenvalue weighted by molar-refractivity contribution is -0.389. The summed E-state index contributed by atoms with van der Waals surface area (Å²) in [5, 5.41) is 13.7. The number of anilines is 1. The molecule has 0 saturated carbocycles. The fourth-order valence-electron chi connectivity index (χ4n) is 2.24. The van der Waals surface area contributed by atoms with Crippen molar-refractivity contribution in [1.29, 1.82) is 0 Å². The first-order valence-electron chi connectivity index (χ1n) is 6.42. The Bertz CT molecular complexity index is 713. The van der Waals surface area contributed by atoms with Crippen LogP contribution >= 0.6 is 23.7 Å². The van der Waals surface area contributed by atoms with Crippen molar-refractivity contribution in [3.05, 3.63) is 38.5 Å². The summed E-state index contributed by atoms with van der Waals surface area (Å²) in [4.78, 5) is 29.9. The van der Waals surface area contributed by atoms with Gasteiger partial charge in [-0.05, 0) is 30.3 Å². The van der Waals surface area contributed by atoms with Crippen LogP contribution in [0.25, 0.3) is 0 Å². The molecule has 0 spiro atoms. The van der Waals surface area contributed by atoms with E-state index >= 15 is 0 Å². The Balaban J connectivity index is 0.00000176. The number of halogens is 1. The van der Waals surface area contributed by atoms with E-state index in [1.165, 1.54) is 23.5 Å². The van der Waals surface area contributed by atoms with Gasteiger partial charge in [-0.2, -0.15) is 0 Å². The average molecular weight is 344 g/mol. The number of H-pyrrole nitrogens is 1. The number of nitro groups is 1. The van der Waals surface area contributed by atoms with E-state index in [-0.39, 0.29) is 30.0 Å². The molecular formula is C12H14ClN5O3S. The summed E-state index contributed by atoms with van der Waals surface area (Å²) in [6.07, 6.45) is 2.49. The number of thiazole rings is 1. The second-order valence-corrected chi connectivity index (χ2v) is 5.94. The van der Waals surface area contributed by atoms with Crippen molar-refractivity contribution in [1.82, 2.24) is 9.97 Å². The summed E-state index contributed by atoms with van der Waals surface area (Å²) in [6.45, 7) is 0. The molecule has 0 saturated heterocycles. The molecule has 1 aliphatic rings. The molecule has 1 atom stereocenters. The van der Waals surface area contributed by atoms with Gasteiger partial charge in [0.15, 0.2) is 10.8 Å². The molecule has 118 valence electrons. The molecule has 0 aromatic carbocycles. The van der Waals surface area contributed by atoms with Gasteiger partial charge >= 0.3 is 5.82 Å². The molecule has 2 heterocycles. The molecule has 22 heavy (non-hydrogen) atoms. The van der Waals surface area contributed by atoms with E-state index in [2.05, 4.69) is 15.3 Å². The van der Waals surface area contributed by atoms with Crippen LogP contribution in [0.5, 0.6) is 0 Å². The normalized spacial score (nSPS) is 16.5. The van der Waals surface area contributed by atoms with Gasteiger partial charge < -0.3 is 15.8 Å². The first-order chi connectivity index (χ1) is 10.0. The number of hydrogen-bond donors (Lipinski definition) is 3. The summed E-state index contributed by atoms with van der Waals surface area (Å²) in [6, 6.07) is 2.77. The number of hydrogen-bond acceptors (Lipinski definition) is 6. The molecule has 0 aliphatic heterocycles. The molecule has 0 radical (unpaired) electrons. The summed E-state index contributed by atoms with van der Waals surface area (Å²) in [5.74, 6) is -0.664. The van der Waals surface area contributed by atoms with Crippen LogP contribution in [-0.4, -0.2) is 26.8 Å². The second kappa shape index (κ2) is 6.42. The summed E-state index contributed by atoms with van der Waals surface area (Å²) in [7, 11) is 0. The van der Waals surface area contributed by atoms with E-state index in [1.807, 2.05) is 0 Å². The molecule has 2 aromatic rings. The molecule has 1 aliphatic carbocycles. The number of nitrogens with zero attached hydrogens (tertiary/aromatic N) is 2. The summed E-state index contributed by atoms with van der Waals surface area (Å²) in [5.41, 5.74) is 7.02. The topological polar surface area (TPSA) is 127 Å². The molecule has 1 amide bonds. The zero-order valence-electron chi connectivity index (χ0n) is 11.4. The first-order valence-corrected chi connectivity index (χ1v) is 7.23. The van der Waals surface area contributed by atoms with Gasteiger partial charge in [-0.15, -0.1) is 23.7 Å². The van der Waals surface area contributed by atoms with Crippen LogP contribution in [-0.2, 0) is 12.8 Å². The predicted octanol–water partition coefficient (Wildman–Crippen LogP) is 1.87. The lowest BCUT2D eigenvalue weighted by Crippen LogP contribution is -2.27. The van der Waals surface area contributed by atoms with Gasteiger partial charge in [0.1, 0.15) is 0 Å². The Morgan fingerprint density at radius 3 is 3.00 bits per heavy atom. The van der Waals surface area contributed by atoms with Crippen molar-refractivity contribution < 1.29 is 9.72 Å². The highest BCUT2D eigenvalue weighted by atomic mass is 35.5. The van der Waals surface area contributed by atoms with Gasteiger partial charge in [-0.25, -0.2) is 9.97 Å². The SMILES string of the molecule is Cl.N[C@H]1CCc2nc(NC(=O)c3ccc([N+](=O)[O-])[nH]3)sc2C1. The van der Waals surface area contributed by atoms with Crippen molar-refractivity contribution in [2.45, 2.75) is 25.3 Å². The van der Waals surface area contributed by atoms with Crippen molar-refractivity contribution >= 4 is 40.6 Å². The number of carbonyl (C=O) groups excluding carboxylic acids is 1. The lowest BCUT2D eigenvalue weighted by Gasteiger charge is -2.15. The van der Waals surface area contributed by atoms with Gasteiger partial charge in [-0.1, -0.05) is 0 Å². The van der Waals surface area contributed by atoms with E-state index in [9.17, 15) is 14.9 Å². The Morgan fingerprint density at radius 2 is 2.32 bits per heavy atom. The third kappa shape index (κ3) is 3.26. The summed E-state index contributed by atoms with van der Waals surface area (Å²) < 4.78 is 0. The molecule has 4 N–H and O–H groups in total. The molecule has 2 aromatic heterocycles. The number of aromatic nitrogens is 2. The highest BCUT2D eigenvalue weighted by Crippen LogP contribution is 2.29. The van der Waals surface area contributed by atoms with Gasteiger partial charge in [0.05, 0.1) is 5.69 Å². The predicted molar refractivity (Wildman–Crippen MR) is 84.8 cm³/mol. The maximum Gasteiger partial charge on any atom is 0.321 e. The minimum absolute atomic E-state index is 0. The fourth-order valence-corrected chi connectivity index (χ4v) is 3.34. The lowest BCUT2D eigenvalue weighted by atomic mass is 9.99. The van der Waals surface area contributed by atoms with Gasteiger partial charge in [-0.3, -0.25) is 10.1 Å². The molecule has 0 bridgehead atoms. The smallest absolute Gasteiger partial charge is 0.321 e. The number of fused-ring (bicyclic) bond motifs is 1. The van der Waals surface area contributed by atoms with Gasteiger partial charge in [0, 0.05) is 17.0 Å². The first kappa shape index (κ1) is 16.4. The molecular weight excluding hydrogens is 330 g/mol. The zero-order chi connectivity index (χ0) is 15.0. The Labute approximate surface area is 135 Å². The van der Waals surface area contributed by atoms with E-state index in [1.54, 1.807) is 0 Å². The Kier molecular flexibility index (Phi) is 4.79. The minimum Gasteiger partial charge on any atom is -0.358 e.